The van der Waals surface area contributed by atoms with Gasteiger partial charge in [-0.05, 0) is 26.3 Å². The Bertz CT molecular complexity index is 401. The first-order chi connectivity index (χ1) is 8.70. The lowest BCUT2D eigenvalue weighted by Gasteiger charge is -2.32. The van der Waals surface area contributed by atoms with Crippen molar-refractivity contribution in [3.63, 3.8) is 0 Å². The molecule has 0 spiro atoms. The topological polar surface area (TPSA) is 64.2 Å². The average molecular weight is 250 g/mol. The number of hydrogen-bond acceptors (Lipinski definition) is 3. The Morgan fingerprint density at radius 2 is 2.44 bits per heavy atom. The summed E-state index contributed by atoms with van der Waals surface area (Å²) in [6.45, 7) is 5.94. The molecule has 2 N–H and O–H groups in total. The van der Waals surface area contributed by atoms with Crippen LogP contribution >= 0.6 is 0 Å². The first-order valence-electron chi connectivity index (χ1n) is 6.72. The van der Waals surface area contributed by atoms with Crippen LogP contribution in [-0.2, 0) is 11.3 Å². The minimum atomic E-state index is -0.216. The lowest BCUT2D eigenvalue weighted by Crippen LogP contribution is -2.37. The third kappa shape index (κ3) is 3.10. The fourth-order valence-corrected chi connectivity index (χ4v) is 2.69. The van der Waals surface area contributed by atoms with Gasteiger partial charge in [0.2, 0.25) is 5.91 Å². The molecular formula is C13H22N4O. The van der Waals surface area contributed by atoms with Gasteiger partial charge < -0.3 is 15.2 Å². The van der Waals surface area contributed by atoms with Gasteiger partial charge in [-0.2, -0.15) is 0 Å². The second-order valence-corrected chi connectivity index (χ2v) is 4.93. The van der Waals surface area contributed by atoms with Crippen molar-refractivity contribution in [2.75, 3.05) is 19.6 Å². The Labute approximate surface area is 108 Å². The smallest absolute Gasteiger partial charge is 0.218 e. The zero-order valence-electron chi connectivity index (χ0n) is 11.0. The van der Waals surface area contributed by atoms with Crippen molar-refractivity contribution in [3.05, 3.63) is 18.2 Å². The Morgan fingerprint density at radius 3 is 3.17 bits per heavy atom. The number of hydrogen-bond donors (Lipinski definition) is 1. The largest absolute Gasteiger partial charge is 0.370 e. The summed E-state index contributed by atoms with van der Waals surface area (Å²) in [5.41, 5.74) is 5.20. The molecule has 5 nitrogen and oxygen atoms in total. The monoisotopic (exact) mass is 250 g/mol. The number of nitrogens with two attached hydrogens (primary N) is 1. The molecule has 100 valence electrons. The SMILES string of the molecule is CCn1ccnc1[C@@H]1CCCN(CCC(N)=O)C1. The Morgan fingerprint density at radius 1 is 1.61 bits per heavy atom. The van der Waals surface area contributed by atoms with Gasteiger partial charge in [-0.1, -0.05) is 0 Å². The highest BCUT2D eigenvalue weighted by atomic mass is 16.1. The van der Waals surface area contributed by atoms with E-state index < -0.39 is 0 Å². The van der Waals surface area contributed by atoms with Gasteiger partial charge in [0.15, 0.2) is 0 Å². The number of carbonyl (C=O) groups excluding carboxylic acids is 1. The van der Waals surface area contributed by atoms with Crippen LogP contribution in [0.4, 0.5) is 0 Å². The lowest BCUT2D eigenvalue weighted by molar-refractivity contribution is -0.118. The highest BCUT2D eigenvalue weighted by molar-refractivity contribution is 5.73. The highest BCUT2D eigenvalue weighted by Crippen LogP contribution is 2.25. The second kappa shape index (κ2) is 6.00. The number of carbonyl (C=O) groups is 1. The summed E-state index contributed by atoms with van der Waals surface area (Å²) >= 11 is 0. The van der Waals surface area contributed by atoms with E-state index in [2.05, 4.69) is 21.4 Å². The van der Waals surface area contributed by atoms with E-state index in [4.69, 9.17) is 5.73 Å². The first-order valence-corrected chi connectivity index (χ1v) is 6.72. The van der Waals surface area contributed by atoms with E-state index in [-0.39, 0.29) is 5.91 Å². The van der Waals surface area contributed by atoms with E-state index in [0.717, 1.165) is 26.2 Å². The molecule has 2 rings (SSSR count). The lowest BCUT2D eigenvalue weighted by atomic mass is 9.97. The van der Waals surface area contributed by atoms with E-state index in [1.54, 1.807) is 0 Å². The van der Waals surface area contributed by atoms with Crippen molar-refractivity contribution in [3.8, 4) is 0 Å². The number of piperidine rings is 1. The summed E-state index contributed by atoms with van der Waals surface area (Å²) in [7, 11) is 0. The molecule has 2 heterocycles. The Kier molecular flexibility index (Phi) is 4.36. The van der Waals surface area contributed by atoms with Gasteiger partial charge in [-0.25, -0.2) is 4.98 Å². The maximum absolute atomic E-state index is 10.8. The zero-order chi connectivity index (χ0) is 13.0. The molecule has 1 aliphatic rings. The molecule has 0 aromatic carbocycles. The van der Waals surface area contributed by atoms with E-state index in [9.17, 15) is 4.79 Å². The molecule has 1 saturated heterocycles. The first kappa shape index (κ1) is 13.1. The fourth-order valence-electron chi connectivity index (χ4n) is 2.69. The number of amides is 1. The van der Waals surface area contributed by atoms with E-state index >= 15 is 0 Å². The van der Waals surface area contributed by atoms with Crippen LogP contribution in [0.3, 0.4) is 0 Å². The maximum Gasteiger partial charge on any atom is 0.218 e. The molecule has 0 aliphatic carbocycles. The Balaban J connectivity index is 1.96. The van der Waals surface area contributed by atoms with Gasteiger partial charge >= 0.3 is 0 Å². The van der Waals surface area contributed by atoms with Crippen molar-refractivity contribution in [1.82, 2.24) is 14.5 Å². The van der Waals surface area contributed by atoms with Gasteiger partial charge in [-0.15, -0.1) is 0 Å². The molecule has 0 bridgehead atoms. The minimum absolute atomic E-state index is 0.216. The summed E-state index contributed by atoms with van der Waals surface area (Å²) in [4.78, 5) is 17.6. The molecule has 1 amide bonds. The van der Waals surface area contributed by atoms with Crippen LogP contribution in [0.5, 0.6) is 0 Å². The third-order valence-electron chi connectivity index (χ3n) is 3.63. The van der Waals surface area contributed by atoms with E-state index in [1.807, 2.05) is 12.4 Å². The Hall–Kier alpha value is -1.36. The summed E-state index contributed by atoms with van der Waals surface area (Å²) in [6, 6.07) is 0. The van der Waals surface area contributed by atoms with Crippen LogP contribution in [0.15, 0.2) is 12.4 Å². The standard InChI is InChI=1S/C13H22N4O/c1-2-17-9-6-15-13(17)11-4-3-7-16(10-11)8-5-12(14)18/h6,9,11H,2-5,7-8,10H2,1H3,(H2,14,18)/t11-/m1/s1. The van der Waals surface area contributed by atoms with Crippen LogP contribution in [-0.4, -0.2) is 40.0 Å². The van der Waals surface area contributed by atoms with Crippen molar-refractivity contribution >= 4 is 5.91 Å². The zero-order valence-corrected chi connectivity index (χ0v) is 11.0. The molecule has 1 atom stereocenters. The van der Waals surface area contributed by atoms with Gasteiger partial charge in [0.25, 0.3) is 0 Å². The minimum Gasteiger partial charge on any atom is -0.370 e. The fraction of sp³-hybridized carbons (Fsp3) is 0.692. The predicted molar refractivity (Wildman–Crippen MR) is 70.1 cm³/mol. The van der Waals surface area contributed by atoms with Crippen LogP contribution in [0.1, 0.15) is 37.9 Å². The summed E-state index contributed by atoms with van der Waals surface area (Å²) in [5, 5.41) is 0. The number of nitrogens with zero attached hydrogens (tertiary/aromatic N) is 3. The number of imidazole rings is 1. The molecule has 1 aromatic rings. The number of aromatic nitrogens is 2. The second-order valence-electron chi connectivity index (χ2n) is 4.93. The number of primary amides is 1. The maximum atomic E-state index is 10.8. The van der Waals surface area contributed by atoms with Crippen LogP contribution in [0.25, 0.3) is 0 Å². The summed E-state index contributed by atoms with van der Waals surface area (Å²) < 4.78 is 2.21. The third-order valence-corrected chi connectivity index (χ3v) is 3.63. The van der Waals surface area contributed by atoms with Gasteiger partial charge in [0.05, 0.1) is 0 Å². The molecule has 1 aromatic heterocycles. The molecule has 0 radical (unpaired) electrons. The highest BCUT2D eigenvalue weighted by Gasteiger charge is 2.24. The van der Waals surface area contributed by atoms with Crippen LogP contribution in [0.2, 0.25) is 0 Å². The molecule has 0 saturated carbocycles. The van der Waals surface area contributed by atoms with Gasteiger partial charge in [-0.3, -0.25) is 4.79 Å². The summed E-state index contributed by atoms with van der Waals surface area (Å²) in [6.07, 6.45) is 6.72. The summed E-state index contributed by atoms with van der Waals surface area (Å²) in [5.74, 6) is 1.45. The number of likely N-dealkylation sites (tertiary alicyclic amines) is 1. The van der Waals surface area contributed by atoms with Gasteiger partial charge in [0.1, 0.15) is 5.82 Å². The molecule has 1 fully saturated rings. The van der Waals surface area contributed by atoms with Crippen molar-refractivity contribution in [2.45, 2.75) is 38.6 Å². The van der Waals surface area contributed by atoms with Gasteiger partial charge in [0, 0.05) is 44.4 Å². The van der Waals surface area contributed by atoms with Crippen molar-refractivity contribution < 1.29 is 4.79 Å². The predicted octanol–water partition coefficient (Wildman–Crippen LogP) is 0.958. The normalized spacial score (nSPS) is 21.1. The molecule has 1 aliphatic heterocycles. The molecular weight excluding hydrogens is 228 g/mol. The van der Waals surface area contributed by atoms with Crippen molar-refractivity contribution in [2.24, 2.45) is 5.73 Å². The number of aryl methyl sites for hydroxylation is 1. The average Bonchev–Trinajstić information content (AvgIpc) is 2.85. The van der Waals surface area contributed by atoms with E-state index in [0.29, 0.717) is 12.3 Å². The van der Waals surface area contributed by atoms with E-state index in [1.165, 1.54) is 18.7 Å². The van der Waals surface area contributed by atoms with Crippen molar-refractivity contribution in [1.29, 1.82) is 0 Å². The van der Waals surface area contributed by atoms with Crippen LogP contribution < -0.4 is 5.73 Å². The molecule has 18 heavy (non-hydrogen) atoms. The number of rotatable bonds is 5. The molecule has 0 unspecified atom stereocenters. The van der Waals surface area contributed by atoms with Crippen LogP contribution in [0, 0.1) is 0 Å². The molecule has 5 heteroatoms. The quantitative estimate of drug-likeness (QED) is 0.846.